The van der Waals surface area contributed by atoms with Crippen LogP contribution in [0.15, 0.2) is 0 Å². The molecule has 2 unspecified atom stereocenters. The molecular formula is C8H14O3. The van der Waals surface area contributed by atoms with Crippen LogP contribution >= 0.6 is 0 Å². The van der Waals surface area contributed by atoms with E-state index >= 15 is 0 Å². The van der Waals surface area contributed by atoms with Gasteiger partial charge in [-0.1, -0.05) is 13.8 Å². The Bertz CT molecular complexity index is 153. The zero-order valence-electron chi connectivity index (χ0n) is 6.91. The van der Waals surface area contributed by atoms with E-state index in [1.54, 1.807) is 0 Å². The molecule has 0 saturated carbocycles. The van der Waals surface area contributed by atoms with Crippen molar-refractivity contribution in [3.8, 4) is 0 Å². The molecule has 0 aromatic rings. The van der Waals surface area contributed by atoms with Gasteiger partial charge in [0.25, 0.3) is 0 Å². The molecule has 0 radical (unpaired) electrons. The van der Waals surface area contributed by atoms with Crippen LogP contribution in [-0.2, 0) is 9.53 Å². The van der Waals surface area contributed by atoms with Gasteiger partial charge in [0.05, 0.1) is 18.6 Å². The third-order valence-electron chi connectivity index (χ3n) is 2.07. The van der Waals surface area contributed by atoms with Crippen LogP contribution in [0.2, 0.25) is 0 Å². The fraction of sp³-hybridized carbons (Fsp3) is 0.875. The molecule has 2 atom stereocenters. The molecule has 0 aromatic heterocycles. The maximum absolute atomic E-state index is 10.9. The summed E-state index contributed by atoms with van der Waals surface area (Å²) in [6, 6.07) is 0. The summed E-state index contributed by atoms with van der Waals surface area (Å²) in [4.78, 5) is 10.9. The minimum atomic E-state index is -0.537. The topological polar surface area (TPSA) is 46.5 Å². The van der Waals surface area contributed by atoms with Gasteiger partial charge in [-0.2, -0.15) is 0 Å². The van der Waals surface area contributed by atoms with Crippen molar-refractivity contribution in [2.75, 3.05) is 6.61 Å². The number of esters is 1. The Morgan fingerprint density at radius 1 is 1.64 bits per heavy atom. The molecule has 0 amide bonds. The molecule has 64 valence electrons. The molecule has 1 rings (SSSR count). The molecule has 0 bridgehead atoms. The first kappa shape index (κ1) is 8.53. The van der Waals surface area contributed by atoms with Gasteiger partial charge in [0.1, 0.15) is 0 Å². The molecule has 3 heteroatoms. The monoisotopic (exact) mass is 158 g/mol. The van der Waals surface area contributed by atoms with Crippen molar-refractivity contribution in [3.63, 3.8) is 0 Å². The van der Waals surface area contributed by atoms with Crippen LogP contribution in [0.3, 0.4) is 0 Å². The van der Waals surface area contributed by atoms with Gasteiger partial charge in [0.15, 0.2) is 0 Å². The standard InChI is InChI=1S/C8H14O3/c1-5(2)7(9)6-3-4-11-8(6)10/h5-7,9H,3-4H2,1-2H3. The number of cyclic esters (lactones) is 1. The van der Waals surface area contributed by atoms with E-state index < -0.39 is 6.10 Å². The quantitative estimate of drug-likeness (QED) is 0.597. The number of carbonyl (C=O) groups excluding carboxylic acids is 1. The lowest BCUT2D eigenvalue weighted by Gasteiger charge is -2.17. The number of ether oxygens (including phenoxy) is 1. The maximum Gasteiger partial charge on any atom is 0.311 e. The number of aliphatic hydroxyl groups is 1. The molecule has 1 aliphatic heterocycles. The Hall–Kier alpha value is -0.570. The van der Waals surface area contributed by atoms with E-state index in [9.17, 15) is 9.90 Å². The largest absolute Gasteiger partial charge is 0.465 e. The molecule has 0 aliphatic carbocycles. The van der Waals surface area contributed by atoms with E-state index in [0.29, 0.717) is 13.0 Å². The van der Waals surface area contributed by atoms with Crippen LogP contribution in [0.4, 0.5) is 0 Å². The highest BCUT2D eigenvalue weighted by Gasteiger charge is 2.34. The van der Waals surface area contributed by atoms with Crippen LogP contribution in [0.25, 0.3) is 0 Å². The zero-order chi connectivity index (χ0) is 8.43. The first-order valence-corrected chi connectivity index (χ1v) is 3.97. The molecule has 1 N–H and O–H groups in total. The van der Waals surface area contributed by atoms with Gasteiger partial charge < -0.3 is 9.84 Å². The third kappa shape index (κ3) is 1.71. The molecule has 1 saturated heterocycles. The van der Waals surface area contributed by atoms with Crippen molar-refractivity contribution < 1.29 is 14.6 Å². The summed E-state index contributed by atoms with van der Waals surface area (Å²) in [5, 5.41) is 9.50. The lowest BCUT2D eigenvalue weighted by atomic mass is 9.92. The number of aliphatic hydroxyl groups excluding tert-OH is 1. The zero-order valence-corrected chi connectivity index (χ0v) is 6.91. The van der Waals surface area contributed by atoms with E-state index in [2.05, 4.69) is 0 Å². The van der Waals surface area contributed by atoms with Gasteiger partial charge in [0, 0.05) is 0 Å². The van der Waals surface area contributed by atoms with Gasteiger partial charge >= 0.3 is 5.97 Å². The molecule has 3 nitrogen and oxygen atoms in total. The first-order chi connectivity index (χ1) is 5.13. The highest BCUT2D eigenvalue weighted by atomic mass is 16.5. The van der Waals surface area contributed by atoms with Crippen molar-refractivity contribution in [2.24, 2.45) is 11.8 Å². The van der Waals surface area contributed by atoms with Gasteiger partial charge in [-0.05, 0) is 12.3 Å². The Kier molecular flexibility index (Phi) is 2.49. The Labute approximate surface area is 66.4 Å². The van der Waals surface area contributed by atoms with Gasteiger partial charge in [-0.25, -0.2) is 0 Å². The number of hydrogen-bond donors (Lipinski definition) is 1. The number of rotatable bonds is 2. The van der Waals surface area contributed by atoms with Gasteiger partial charge in [-0.15, -0.1) is 0 Å². The van der Waals surface area contributed by atoms with Crippen molar-refractivity contribution in [2.45, 2.75) is 26.4 Å². The summed E-state index contributed by atoms with van der Waals surface area (Å²) in [6.45, 7) is 4.26. The SMILES string of the molecule is CC(C)C(O)C1CCOC1=O. The second-order valence-electron chi connectivity index (χ2n) is 3.30. The highest BCUT2D eigenvalue weighted by Crippen LogP contribution is 2.22. The predicted molar refractivity (Wildman–Crippen MR) is 39.9 cm³/mol. The lowest BCUT2D eigenvalue weighted by Crippen LogP contribution is -2.29. The summed E-state index contributed by atoms with van der Waals surface area (Å²) in [5.41, 5.74) is 0. The summed E-state index contributed by atoms with van der Waals surface area (Å²) in [6.07, 6.45) is 0.128. The first-order valence-electron chi connectivity index (χ1n) is 3.97. The summed E-state index contributed by atoms with van der Waals surface area (Å²) >= 11 is 0. The summed E-state index contributed by atoms with van der Waals surface area (Å²) in [5.74, 6) is -0.396. The van der Waals surface area contributed by atoms with Crippen molar-refractivity contribution in [1.82, 2.24) is 0 Å². The fourth-order valence-corrected chi connectivity index (χ4v) is 1.29. The third-order valence-corrected chi connectivity index (χ3v) is 2.07. The van der Waals surface area contributed by atoms with E-state index in [4.69, 9.17) is 4.74 Å². The average Bonchev–Trinajstić information content (AvgIpc) is 2.33. The molecule has 0 spiro atoms. The maximum atomic E-state index is 10.9. The molecule has 1 heterocycles. The number of hydrogen-bond acceptors (Lipinski definition) is 3. The predicted octanol–water partition coefficient (Wildman–Crippen LogP) is 0.566. The highest BCUT2D eigenvalue weighted by molar-refractivity contribution is 5.74. The smallest absolute Gasteiger partial charge is 0.311 e. The van der Waals surface area contributed by atoms with E-state index in [0.717, 1.165) is 0 Å². The van der Waals surface area contributed by atoms with Gasteiger partial charge in [-0.3, -0.25) is 4.79 Å². The van der Waals surface area contributed by atoms with E-state index in [1.165, 1.54) is 0 Å². The van der Waals surface area contributed by atoms with Crippen LogP contribution in [0.5, 0.6) is 0 Å². The summed E-state index contributed by atoms with van der Waals surface area (Å²) < 4.78 is 4.74. The van der Waals surface area contributed by atoms with E-state index in [-0.39, 0.29) is 17.8 Å². The van der Waals surface area contributed by atoms with Crippen molar-refractivity contribution in [3.05, 3.63) is 0 Å². The van der Waals surface area contributed by atoms with Gasteiger partial charge in [0.2, 0.25) is 0 Å². The Morgan fingerprint density at radius 3 is 2.64 bits per heavy atom. The molecular weight excluding hydrogens is 144 g/mol. The second kappa shape index (κ2) is 3.22. The van der Waals surface area contributed by atoms with Crippen LogP contribution < -0.4 is 0 Å². The lowest BCUT2D eigenvalue weighted by molar-refractivity contribution is -0.144. The molecule has 1 aliphatic rings. The Balaban J connectivity index is 2.52. The number of carbonyl (C=O) groups is 1. The van der Waals surface area contributed by atoms with Crippen LogP contribution in [0, 0.1) is 11.8 Å². The average molecular weight is 158 g/mol. The van der Waals surface area contributed by atoms with Crippen LogP contribution in [-0.4, -0.2) is 23.8 Å². The fourth-order valence-electron chi connectivity index (χ4n) is 1.29. The Morgan fingerprint density at radius 2 is 2.27 bits per heavy atom. The molecule has 11 heavy (non-hydrogen) atoms. The van der Waals surface area contributed by atoms with E-state index in [1.807, 2.05) is 13.8 Å². The normalized spacial score (nSPS) is 27.3. The molecule has 0 aromatic carbocycles. The second-order valence-corrected chi connectivity index (χ2v) is 3.30. The minimum Gasteiger partial charge on any atom is -0.465 e. The minimum absolute atomic E-state index is 0.130. The van der Waals surface area contributed by atoms with Crippen LogP contribution in [0.1, 0.15) is 20.3 Å². The van der Waals surface area contributed by atoms with Crippen molar-refractivity contribution >= 4 is 5.97 Å². The molecule has 1 fully saturated rings. The summed E-state index contributed by atoms with van der Waals surface area (Å²) in [7, 11) is 0. The van der Waals surface area contributed by atoms with Crippen molar-refractivity contribution in [1.29, 1.82) is 0 Å².